The van der Waals surface area contributed by atoms with Gasteiger partial charge in [-0.15, -0.1) is 0 Å². The van der Waals surface area contributed by atoms with Gasteiger partial charge in [-0.1, -0.05) is 42.8 Å². The number of carboxylic acids is 1. The maximum Gasteiger partial charge on any atom is 0.335 e. The zero-order chi connectivity index (χ0) is 17.0. The molecule has 23 heavy (non-hydrogen) atoms. The molecule has 0 aliphatic carbocycles. The van der Waals surface area contributed by atoms with Crippen LogP contribution in [-0.2, 0) is 6.42 Å². The van der Waals surface area contributed by atoms with Gasteiger partial charge in [-0.2, -0.15) is 0 Å². The zero-order valence-electron chi connectivity index (χ0n) is 14.3. The average Bonchev–Trinajstić information content (AvgIpc) is 2.55. The number of carboxylic acid groups (broad SMARTS) is 1. The van der Waals surface area contributed by atoms with Gasteiger partial charge in [0.25, 0.3) is 0 Å². The second-order valence-corrected chi connectivity index (χ2v) is 6.09. The van der Waals surface area contributed by atoms with E-state index in [1.165, 1.54) is 27.8 Å². The first-order chi connectivity index (χ1) is 10.9. The summed E-state index contributed by atoms with van der Waals surface area (Å²) in [5.41, 5.74) is 7.87. The Labute approximate surface area is 138 Å². The monoisotopic (exact) mass is 308 g/mol. The largest absolute Gasteiger partial charge is 0.478 e. The first-order valence-electron chi connectivity index (χ1n) is 8.00. The van der Waals surface area contributed by atoms with E-state index in [0.717, 1.165) is 18.4 Å². The molecule has 0 aliphatic heterocycles. The number of rotatable bonds is 5. The topological polar surface area (TPSA) is 37.3 Å². The first-order valence-corrected chi connectivity index (χ1v) is 8.00. The van der Waals surface area contributed by atoms with Gasteiger partial charge in [-0.3, -0.25) is 0 Å². The second kappa shape index (κ2) is 7.28. The van der Waals surface area contributed by atoms with E-state index in [-0.39, 0.29) is 0 Å². The lowest BCUT2D eigenvalue weighted by molar-refractivity contribution is 0.0697. The van der Waals surface area contributed by atoms with Gasteiger partial charge >= 0.3 is 5.97 Å². The molecule has 0 aliphatic rings. The van der Waals surface area contributed by atoms with Crippen LogP contribution in [0.2, 0.25) is 0 Å². The molecule has 2 heteroatoms. The molecule has 0 heterocycles. The molecular weight excluding hydrogens is 284 g/mol. The molecule has 0 unspecified atom stereocenters. The molecule has 0 saturated carbocycles. The van der Waals surface area contributed by atoms with E-state index in [0.29, 0.717) is 5.56 Å². The summed E-state index contributed by atoms with van der Waals surface area (Å²) in [6, 6.07) is 13.7. The highest BCUT2D eigenvalue weighted by atomic mass is 16.4. The quantitative estimate of drug-likeness (QED) is 0.793. The third kappa shape index (κ3) is 4.10. The molecule has 0 saturated heterocycles. The fourth-order valence-electron chi connectivity index (χ4n) is 2.73. The summed E-state index contributed by atoms with van der Waals surface area (Å²) in [5, 5.41) is 9.11. The summed E-state index contributed by atoms with van der Waals surface area (Å²) in [6.45, 7) is 8.67. The van der Waals surface area contributed by atoms with Gasteiger partial charge in [0.15, 0.2) is 0 Å². The number of aryl methyl sites for hydroxylation is 1. The summed E-state index contributed by atoms with van der Waals surface area (Å²) in [5.74, 6) is -0.881. The molecule has 120 valence electrons. The van der Waals surface area contributed by atoms with E-state index >= 15 is 0 Å². The lowest BCUT2D eigenvalue weighted by Crippen LogP contribution is -1.98. The Balaban J connectivity index is 2.35. The highest BCUT2D eigenvalue weighted by Gasteiger charge is 2.07. The molecule has 2 aromatic rings. The maximum atomic E-state index is 11.1. The van der Waals surface area contributed by atoms with E-state index in [1.54, 1.807) is 18.2 Å². The van der Waals surface area contributed by atoms with Gasteiger partial charge < -0.3 is 5.11 Å². The molecular formula is C21H24O2. The SMILES string of the molecule is CC/C(C)=C(/C)c1cc(Cc2cccc(C(=O)O)c2)ccc1C. The van der Waals surface area contributed by atoms with Crippen LogP contribution in [0.5, 0.6) is 0 Å². The van der Waals surface area contributed by atoms with Crippen molar-refractivity contribution in [2.24, 2.45) is 0 Å². The molecule has 1 N–H and O–H groups in total. The summed E-state index contributed by atoms with van der Waals surface area (Å²) < 4.78 is 0. The molecule has 0 atom stereocenters. The molecule has 0 aromatic heterocycles. The summed E-state index contributed by atoms with van der Waals surface area (Å²) in [6.07, 6.45) is 1.79. The number of aromatic carboxylic acids is 1. The highest BCUT2D eigenvalue weighted by molar-refractivity contribution is 5.87. The van der Waals surface area contributed by atoms with Crippen molar-refractivity contribution < 1.29 is 9.90 Å². The number of hydrogen-bond acceptors (Lipinski definition) is 1. The van der Waals surface area contributed by atoms with Crippen LogP contribution in [0, 0.1) is 6.92 Å². The fraction of sp³-hybridized carbons (Fsp3) is 0.286. The molecule has 2 aromatic carbocycles. The number of carbonyl (C=O) groups is 1. The molecule has 0 radical (unpaired) electrons. The van der Waals surface area contributed by atoms with Gasteiger partial charge in [-0.05, 0) is 73.6 Å². The van der Waals surface area contributed by atoms with Crippen LogP contribution >= 0.6 is 0 Å². The minimum absolute atomic E-state index is 0.340. The molecule has 0 spiro atoms. The Bertz CT molecular complexity index is 754. The standard InChI is InChI=1S/C21H24O2/c1-5-14(2)16(4)20-13-18(10-9-15(20)3)11-17-7-6-8-19(12-17)21(22)23/h6-10,12-13H,5,11H2,1-4H3,(H,22,23)/b16-14-. The highest BCUT2D eigenvalue weighted by Crippen LogP contribution is 2.25. The van der Waals surface area contributed by atoms with Gasteiger partial charge in [-0.25, -0.2) is 4.79 Å². The van der Waals surface area contributed by atoms with Crippen LogP contribution in [0.1, 0.15) is 59.8 Å². The van der Waals surface area contributed by atoms with Crippen molar-refractivity contribution in [2.75, 3.05) is 0 Å². The normalized spacial score (nSPS) is 12.0. The Kier molecular flexibility index (Phi) is 5.38. The van der Waals surface area contributed by atoms with Crippen LogP contribution in [0.3, 0.4) is 0 Å². The third-order valence-corrected chi connectivity index (χ3v) is 4.46. The van der Waals surface area contributed by atoms with E-state index in [2.05, 4.69) is 45.9 Å². The van der Waals surface area contributed by atoms with E-state index in [1.807, 2.05) is 6.07 Å². The zero-order valence-corrected chi connectivity index (χ0v) is 14.3. The van der Waals surface area contributed by atoms with Crippen molar-refractivity contribution in [3.05, 3.63) is 75.9 Å². The third-order valence-electron chi connectivity index (χ3n) is 4.46. The lowest BCUT2D eigenvalue weighted by atomic mass is 9.93. The number of benzene rings is 2. The number of hydrogen-bond donors (Lipinski definition) is 1. The average molecular weight is 308 g/mol. The van der Waals surface area contributed by atoms with Crippen molar-refractivity contribution >= 4 is 11.5 Å². The van der Waals surface area contributed by atoms with Crippen LogP contribution in [0.4, 0.5) is 0 Å². The Hall–Kier alpha value is -2.35. The Morgan fingerprint density at radius 1 is 1.04 bits per heavy atom. The van der Waals surface area contributed by atoms with Crippen LogP contribution in [0.15, 0.2) is 48.0 Å². The predicted molar refractivity (Wildman–Crippen MR) is 95.9 cm³/mol. The van der Waals surface area contributed by atoms with Gasteiger partial charge in [0.1, 0.15) is 0 Å². The van der Waals surface area contributed by atoms with Crippen molar-refractivity contribution in [3.8, 4) is 0 Å². The van der Waals surface area contributed by atoms with E-state index < -0.39 is 5.97 Å². The predicted octanol–water partition coefficient (Wildman–Crippen LogP) is 5.49. The first kappa shape index (κ1) is 17.0. The Morgan fingerprint density at radius 3 is 2.39 bits per heavy atom. The van der Waals surface area contributed by atoms with Crippen molar-refractivity contribution in [1.82, 2.24) is 0 Å². The van der Waals surface area contributed by atoms with Crippen LogP contribution in [-0.4, -0.2) is 11.1 Å². The summed E-state index contributed by atoms with van der Waals surface area (Å²) >= 11 is 0. The molecule has 2 nitrogen and oxygen atoms in total. The van der Waals surface area contributed by atoms with Gasteiger partial charge in [0.2, 0.25) is 0 Å². The summed E-state index contributed by atoms with van der Waals surface area (Å²) in [4.78, 5) is 11.1. The molecule has 0 fully saturated rings. The van der Waals surface area contributed by atoms with E-state index in [4.69, 9.17) is 5.11 Å². The fourth-order valence-corrected chi connectivity index (χ4v) is 2.73. The minimum Gasteiger partial charge on any atom is -0.478 e. The molecule has 2 rings (SSSR count). The van der Waals surface area contributed by atoms with Crippen molar-refractivity contribution in [1.29, 1.82) is 0 Å². The van der Waals surface area contributed by atoms with E-state index in [9.17, 15) is 4.79 Å². The summed E-state index contributed by atoms with van der Waals surface area (Å²) in [7, 11) is 0. The molecule has 0 bridgehead atoms. The van der Waals surface area contributed by atoms with Gasteiger partial charge in [0, 0.05) is 0 Å². The van der Waals surface area contributed by atoms with Crippen LogP contribution < -0.4 is 0 Å². The van der Waals surface area contributed by atoms with Gasteiger partial charge in [0.05, 0.1) is 5.56 Å². The Morgan fingerprint density at radius 2 is 1.74 bits per heavy atom. The van der Waals surface area contributed by atoms with Crippen LogP contribution in [0.25, 0.3) is 5.57 Å². The van der Waals surface area contributed by atoms with Crippen molar-refractivity contribution in [3.63, 3.8) is 0 Å². The minimum atomic E-state index is -0.881. The van der Waals surface area contributed by atoms with Crippen molar-refractivity contribution in [2.45, 2.75) is 40.5 Å². The number of allylic oxidation sites excluding steroid dienone is 2. The lowest BCUT2D eigenvalue weighted by Gasteiger charge is -2.12. The maximum absolute atomic E-state index is 11.1. The molecule has 0 amide bonds. The second-order valence-electron chi connectivity index (χ2n) is 6.09. The smallest absolute Gasteiger partial charge is 0.335 e.